The monoisotopic (exact) mass is 408 g/mol. The fraction of sp³-hybridized carbons (Fsp3) is 0.263. The predicted octanol–water partition coefficient (Wildman–Crippen LogP) is 3.95. The third kappa shape index (κ3) is 3.95. The van der Waals surface area contributed by atoms with E-state index in [0.29, 0.717) is 18.8 Å². The first kappa shape index (κ1) is 18.7. The van der Waals surface area contributed by atoms with Crippen LogP contribution in [0.2, 0.25) is 0 Å². The summed E-state index contributed by atoms with van der Waals surface area (Å²) in [6.45, 7) is 2.99. The molecule has 4 rings (SSSR count). The van der Waals surface area contributed by atoms with Crippen molar-refractivity contribution in [2.75, 3.05) is 31.2 Å². The molecule has 0 N–H and O–H groups in total. The van der Waals surface area contributed by atoms with Crippen LogP contribution in [0.25, 0.3) is 6.08 Å². The topological polar surface area (TPSA) is 51.1 Å². The van der Waals surface area contributed by atoms with Gasteiger partial charge in [0.25, 0.3) is 0 Å². The van der Waals surface area contributed by atoms with E-state index in [4.69, 9.17) is 9.47 Å². The zero-order chi connectivity index (χ0) is 19.7. The number of cyclic esters (lactones) is 1. The number of thiophene rings is 1. The van der Waals surface area contributed by atoms with Gasteiger partial charge in [0.05, 0.1) is 23.8 Å². The lowest BCUT2D eigenvalue weighted by Gasteiger charge is -2.27. The molecule has 3 heterocycles. The molecule has 5 nitrogen and oxygen atoms in total. The Morgan fingerprint density at radius 2 is 1.79 bits per heavy atom. The molecule has 2 aliphatic heterocycles. The highest BCUT2D eigenvalue weighted by atomic mass is 32.1. The van der Waals surface area contributed by atoms with Gasteiger partial charge in [-0.05, 0) is 42.5 Å². The Hall–Kier alpha value is -2.65. The summed E-state index contributed by atoms with van der Waals surface area (Å²) in [6.07, 6.45) is -2.80. The summed E-state index contributed by atoms with van der Waals surface area (Å²) in [7, 11) is 0. The van der Waals surface area contributed by atoms with Gasteiger partial charge < -0.3 is 14.4 Å². The van der Waals surface area contributed by atoms with Crippen LogP contribution in [-0.4, -0.2) is 38.2 Å². The number of nitrogens with zero attached hydrogens (tertiary/aromatic N) is 2. The van der Waals surface area contributed by atoms with Crippen LogP contribution in [0.5, 0.6) is 0 Å². The molecule has 0 amide bonds. The molecule has 0 spiro atoms. The van der Waals surface area contributed by atoms with Crippen LogP contribution in [-0.2, 0) is 20.4 Å². The van der Waals surface area contributed by atoms with Crippen molar-refractivity contribution in [1.29, 1.82) is 0 Å². The summed E-state index contributed by atoms with van der Waals surface area (Å²) >= 11 is 1.52. The Bertz CT molecular complexity index is 942. The van der Waals surface area contributed by atoms with Gasteiger partial charge in [-0.15, -0.1) is 11.3 Å². The molecule has 2 aromatic rings. The van der Waals surface area contributed by atoms with Crippen molar-refractivity contribution in [3.05, 3.63) is 58.1 Å². The molecule has 0 bridgehead atoms. The van der Waals surface area contributed by atoms with Gasteiger partial charge in [0.1, 0.15) is 0 Å². The lowest BCUT2D eigenvalue weighted by Crippen LogP contribution is -2.35. The first-order valence-electron chi connectivity index (χ1n) is 8.53. The van der Waals surface area contributed by atoms with Crippen molar-refractivity contribution in [2.24, 2.45) is 4.99 Å². The molecule has 1 fully saturated rings. The maximum absolute atomic E-state index is 12.7. The largest absolute Gasteiger partial charge is 0.416 e. The number of halogens is 3. The van der Waals surface area contributed by atoms with E-state index in [0.717, 1.165) is 35.1 Å². The second-order valence-corrected chi connectivity index (χ2v) is 7.28. The van der Waals surface area contributed by atoms with Gasteiger partial charge in [0, 0.05) is 23.5 Å². The Morgan fingerprint density at radius 1 is 1.07 bits per heavy atom. The van der Waals surface area contributed by atoms with Crippen molar-refractivity contribution in [3.63, 3.8) is 0 Å². The van der Waals surface area contributed by atoms with E-state index in [1.165, 1.54) is 23.5 Å². The zero-order valence-electron chi connectivity index (χ0n) is 14.5. The normalized spacial score (nSPS) is 19.1. The molecule has 9 heteroatoms. The molecule has 1 saturated heterocycles. The zero-order valence-corrected chi connectivity index (χ0v) is 15.3. The summed E-state index contributed by atoms with van der Waals surface area (Å²) in [4.78, 5) is 19.3. The van der Waals surface area contributed by atoms with Crippen LogP contribution < -0.4 is 4.90 Å². The van der Waals surface area contributed by atoms with Crippen molar-refractivity contribution in [2.45, 2.75) is 6.18 Å². The number of aliphatic imine (C=N–C) groups is 1. The molecular formula is C19H15F3N2O3S. The number of anilines is 1. The number of hydrogen-bond acceptors (Lipinski definition) is 6. The van der Waals surface area contributed by atoms with Crippen LogP contribution in [0.3, 0.4) is 0 Å². The number of alkyl halides is 3. The SMILES string of the molecule is O=C1OC(c2ccc(C(F)(F)F)cc2)=NC1=Cc1ccc(N2CCOCC2)s1. The number of ether oxygens (including phenoxy) is 2. The minimum atomic E-state index is -4.42. The second kappa shape index (κ2) is 7.40. The average molecular weight is 408 g/mol. The molecule has 0 unspecified atom stereocenters. The lowest BCUT2D eigenvalue weighted by molar-refractivity contribution is -0.137. The summed E-state index contributed by atoms with van der Waals surface area (Å²) < 4.78 is 48.5. The van der Waals surface area contributed by atoms with Gasteiger partial charge in [-0.3, -0.25) is 0 Å². The Labute approximate surface area is 162 Å². The predicted molar refractivity (Wildman–Crippen MR) is 99.4 cm³/mol. The standard InChI is InChI=1S/C19H15F3N2O3S/c20-19(21,22)13-3-1-12(2-4-13)17-23-15(18(25)27-17)11-14-5-6-16(28-14)24-7-9-26-10-8-24/h1-6,11H,7-10H2. The first-order chi connectivity index (χ1) is 13.4. The number of rotatable bonds is 3. The summed E-state index contributed by atoms with van der Waals surface area (Å²) in [5.74, 6) is -0.633. The maximum Gasteiger partial charge on any atom is 0.416 e. The van der Waals surface area contributed by atoms with E-state index in [1.54, 1.807) is 6.08 Å². The minimum Gasteiger partial charge on any atom is -0.402 e. The van der Waals surface area contributed by atoms with Gasteiger partial charge in [-0.2, -0.15) is 13.2 Å². The Balaban J connectivity index is 1.53. The molecule has 0 radical (unpaired) electrons. The van der Waals surface area contributed by atoms with Gasteiger partial charge >= 0.3 is 12.1 Å². The van der Waals surface area contributed by atoms with E-state index in [2.05, 4.69) is 9.89 Å². The third-order valence-electron chi connectivity index (χ3n) is 4.29. The number of morpholine rings is 1. The minimum absolute atomic E-state index is 0.00469. The highest BCUT2D eigenvalue weighted by Crippen LogP contribution is 2.31. The van der Waals surface area contributed by atoms with E-state index >= 15 is 0 Å². The number of carbonyl (C=O) groups is 1. The number of benzene rings is 1. The number of carbonyl (C=O) groups excluding carboxylic acids is 1. The van der Waals surface area contributed by atoms with Crippen LogP contribution in [0.15, 0.2) is 47.1 Å². The third-order valence-corrected chi connectivity index (χ3v) is 5.39. The Morgan fingerprint density at radius 3 is 2.46 bits per heavy atom. The molecule has 1 aromatic heterocycles. The van der Waals surface area contributed by atoms with Crippen LogP contribution in [0.1, 0.15) is 16.0 Å². The van der Waals surface area contributed by atoms with Crippen molar-refractivity contribution in [3.8, 4) is 0 Å². The van der Waals surface area contributed by atoms with Crippen LogP contribution in [0.4, 0.5) is 18.2 Å². The fourth-order valence-corrected chi connectivity index (χ4v) is 3.84. The average Bonchev–Trinajstić information content (AvgIpc) is 3.29. The summed E-state index contributed by atoms with van der Waals surface area (Å²) in [5, 5.41) is 1.08. The lowest BCUT2D eigenvalue weighted by atomic mass is 10.1. The van der Waals surface area contributed by atoms with Crippen LogP contribution in [0, 0.1) is 0 Å². The van der Waals surface area contributed by atoms with Crippen molar-refractivity contribution in [1.82, 2.24) is 0 Å². The molecule has 1 aromatic carbocycles. The van der Waals surface area contributed by atoms with Gasteiger partial charge in [-0.25, -0.2) is 9.79 Å². The van der Waals surface area contributed by atoms with E-state index < -0.39 is 17.7 Å². The molecular weight excluding hydrogens is 393 g/mol. The number of esters is 1. The smallest absolute Gasteiger partial charge is 0.402 e. The summed E-state index contributed by atoms with van der Waals surface area (Å²) in [5.41, 5.74) is -0.346. The van der Waals surface area contributed by atoms with E-state index in [1.807, 2.05) is 12.1 Å². The first-order valence-corrected chi connectivity index (χ1v) is 9.34. The summed E-state index contributed by atoms with van der Waals surface area (Å²) in [6, 6.07) is 8.20. The molecule has 146 valence electrons. The molecule has 0 atom stereocenters. The van der Waals surface area contributed by atoms with Gasteiger partial charge in [0.15, 0.2) is 5.70 Å². The molecule has 0 saturated carbocycles. The number of hydrogen-bond donors (Lipinski definition) is 0. The van der Waals surface area contributed by atoms with E-state index in [9.17, 15) is 18.0 Å². The molecule has 2 aliphatic rings. The van der Waals surface area contributed by atoms with Gasteiger partial charge in [-0.1, -0.05) is 0 Å². The molecule has 28 heavy (non-hydrogen) atoms. The quantitative estimate of drug-likeness (QED) is 0.570. The van der Waals surface area contributed by atoms with E-state index in [-0.39, 0.29) is 11.6 Å². The fourth-order valence-electron chi connectivity index (χ4n) is 2.84. The highest BCUT2D eigenvalue weighted by Gasteiger charge is 2.31. The van der Waals surface area contributed by atoms with Crippen molar-refractivity contribution >= 4 is 34.3 Å². The highest BCUT2D eigenvalue weighted by molar-refractivity contribution is 7.16. The van der Waals surface area contributed by atoms with Crippen LogP contribution >= 0.6 is 11.3 Å². The van der Waals surface area contributed by atoms with Gasteiger partial charge in [0.2, 0.25) is 5.90 Å². The Kier molecular flexibility index (Phi) is 4.94. The van der Waals surface area contributed by atoms with Crippen molar-refractivity contribution < 1.29 is 27.4 Å². The molecule has 0 aliphatic carbocycles. The maximum atomic E-state index is 12.7. The second-order valence-electron chi connectivity index (χ2n) is 6.19.